The third kappa shape index (κ3) is 2.69. The van der Waals surface area contributed by atoms with Crippen LogP contribution in [0.25, 0.3) is 0 Å². The van der Waals surface area contributed by atoms with Crippen LogP contribution in [-0.2, 0) is 0 Å². The van der Waals surface area contributed by atoms with Gasteiger partial charge in [-0.25, -0.2) is 4.39 Å². The average Bonchev–Trinajstić information content (AvgIpc) is 2.16. The normalized spacial score (nSPS) is 13.0. The van der Waals surface area contributed by atoms with E-state index in [4.69, 9.17) is 5.73 Å². The van der Waals surface area contributed by atoms with Crippen LogP contribution in [0, 0.1) is 5.82 Å². The number of anilines is 1. The van der Waals surface area contributed by atoms with Crippen molar-refractivity contribution in [1.29, 1.82) is 0 Å². The fourth-order valence-electron chi connectivity index (χ4n) is 1.49. The van der Waals surface area contributed by atoms with Crippen LogP contribution in [0.15, 0.2) is 18.2 Å². The van der Waals surface area contributed by atoms with Gasteiger partial charge in [-0.05, 0) is 44.5 Å². The summed E-state index contributed by atoms with van der Waals surface area (Å²) in [5.74, 6) is -0.233. The van der Waals surface area contributed by atoms with Gasteiger partial charge < -0.3 is 10.6 Å². The zero-order valence-corrected chi connectivity index (χ0v) is 9.79. The van der Waals surface area contributed by atoms with Gasteiger partial charge in [-0.15, -0.1) is 0 Å². The van der Waals surface area contributed by atoms with Crippen molar-refractivity contribution in [1.82, 2.24) is 0 Å². The Morgan fingerprint density at radius 3 is 2.33 bits per heavy atom. The number of rotatable bonds is 3. The molecule has 0 aromatic heterocycles. The summed E-state index contributed by atoms with van der Waals surface area (Å²) < 4.78 is 13.1. The number of halogens is 1. The van der Waals surface area contributed by atoms with Crippen LogP contribution >= 0.6 is 0 Å². The molecule has 0 fully saturated rings. The first-order chi connectivity index (χ1) is 6.93. The van der Waals surface area contributed by atoms with Gasteiger partial charge in [-0.1, -0.05) is 0 Å². The lowest BCUT2D eigenvalue weighted by atomic mass is 10.1. The van der Waals surface area contributed by atoms with Gasteiger partial charge in [-0.3, -0.25) is 0 Å². The highest BCUT2D eigenvalue weighted by atomic mass is 19.1. The van der Waals surface area contributed by atoms with E-state index in [9.17, 15) is 4.39 Å². The lowest BCUT2D eigenvalue weighted by Crippen LogP contribution is -2.27. The largest absolute Gasteiger partial charge is 0.372 e. The van der Waals surface area contributed by atoms with E-state index in [-0.39, 0.29) is 11.9 Å². The zero-order valence-electron chi connectivity index (χ0n) is 9.79. The molecule has 0 radical (unpaired) electrons. The molecule has 1 aromatic rings. The number of nitrogens with zero attached hydrogens (tertiary/aromatic N) is 1. The summed E-state index contributed by atoms with van der Waals surface area (Å²) in [6.07, 6.45) is 0. The lowest BCUT2D eigenvalue weighted by molar-refractivity contribution is 0.620. The molecule has 0 spiro atoms. The van der Waals surface area contributed by atoms with Crippen molar-refractivity contribution >= 4 is 5.69 Å². The molecule has 3 heteroatoms. The maximum atomic E-state index is 13.1. The van der Waals surface area contributed by atoms with E-state index >= 15 is 0 Å². The van der Waals surface area contributed by atoms with E-state index in [1.165, 1.54) is 12.1 Å². The maximum Gasteiger partial charge on any atom is 0.123 e. The van der Waals surface area contributed by atoms with Crippen molar-refractivity contribution < 1.29 is 4.39 Å². The third-order valence-corrected chi connectivity index (χ3v) is 2.63. The Kier molecular flexibility index (Phi) is 3.69. The second-order valence-corrected chi connectivity index (χ2v) is 4.20. The standard InChI is InChI=1S/C12H19FN2/c1-8(2)15(4)12-6-5-10(13)7-11(12)9(3)14/h5-9H,14H2,1-4H3/t9-/m0/s1. The van der Waals surface area contributed by atoms with Gasteiger partial charge in [0.05, 0.1) is 0 Å². The van der Waals surface area contributed by atoms with Gasteiger partial charge in [0.2, 0.25) is 0 Å². The molecular weight excluding hydrogens is 191 g/mol. The zero-order chi connectivity index (χ0) is 11.6. The van der Waals surface area contributed by atoms with E-state index < -0.39 is 0 Å². The van der Waals surface area contributed by atoms with Crippen LogP contribution in [0.1, 0.15) is 32.4 Å². The van der Waals surface area contributed by atoms with Crippen molar-refractivity contribution in [3.8, 4) is 0 Å². The Hall–Kier alpha value is -1.09. The topological polar surface area (TPSA) is 29.3 Å². The number of nitrogens with two attached hydrogens (primary N) is 1. The second kappa shape index (κ2) is 4.62. The third-order valence-electron chi connectivity index (χ3n) is 2.63. The quantitative estimate of drug-likeness (QED) is 0.831. The molecule has 15 heavy (non-hydrogen) atoms. The number of hydrogen-bond donors (Lipinski definition) is 1. The molecule has 0 aliphatic carbocycles. The van der Waals surface area contributed by atoms with Crippen LogP contribution in [0.5, 0.6) is 0 Å². The maximum absolute atomic E-state index is 13.1. The van der Waals surface area contributed by atoms with Crippen molar-refractivity contribution in [3.63, 3.8) is 0 Å². The molecule has 0 aliphatic rings. The Morgan fingerprint density at radius 1 is 1.27 bits per heavy atom. The minimum absolute atomic E-state index is 0.156. The van der Waals surface area contributed by atoms with Gasteiger partial charge in [0.15, 0.2) is 0 Å². The summed E-state index contributed by atoms with van der Waals surface area (Å²) in [5, 5.41) is 0. The Morgan fingerprint density at radius 2 is 1.87 bits per heavy atom. The van der Waals surface area contributed by atoms with Crippen LogP contribution in [0.2, 0.25) is 0 Å². The summed E-state index contributed by atoms with van der Waals surface area (Å²) in [7, 11) is 1.99. The Labute approximate surface area is 90.9 Å². The summed E-state index contributed by atoms with van der Waals surface area (Å²) in [5.41, 5.74) is 7.68. The number of hydrogen-bond acceptors (Lipinski definition) is 2. The molecule has 1 atom stereocenters. The smallest absolute Gasteiger partial charge is 0.123 e. The number of benzene rings is 1. The summed E-state index contributed by atoms with van der Waals surface area (Å²) in [6.45, 7) is 6.05. The second-order valence-electron chi connectivity index (χ2n) is 4.20. The molecule has 0 saturated carbocycles. The van der Waals surface area contributed by atoms with E-state index in [1.54, 1.807) is 6.07 Å². The molecule has 0 saturated heterocycles. The van der Waals surface area contributed by atoms with Gasteiger partial charge in [0.25, 0.3) is 0 Å². The molecule has 2 nitrogen and oxygen atoms in total. The van der Waals surface area contributed by atoms with Gasteiger partial charge in [0, 0.05) is 24.8 Å². The Balaban J connectivity index is 3.16. The predicted octanol–water partition coefficient (Wildman–Crippen LogP) is 2.69. The fourth-order valence-corrected chi connectivity index (χ4v) is 1.49. The van der Waals surface area contributed by atoms with Gasteiger partial charge >= 0.3 is 0 Å². The minimum atomic E-state index is -0.233. The Bertz CT molecular complexity index is 334. The van der Waals surface area contributed by atoms with E-state index in [1.807, 2.05) is 14.0 Å². The molecule has 0 heterocycles. The first-order valence-electron chi connectivity index (χ1n) is 5.21. The molecule has 1 aromatic carbocycles. The first-order valence-corrected chi connectivity index (χ1v) is 5.21. The van der Waals surface area contributed by atoms with E-state index in [2.05, 4.69) is 18.7 Å². The molecule has 0 bridgehead atoms. The lowest BCUT2D eigenvalue weighted by Gasteiger charge is -2.27. The summed E-state index contributed by atoms with van der Waals surface area (Å²) in [6, 6.07) is 4.98. The van der Waals surface area contributed by atoms with Crippen molar-refractivity contribution in [3.05, 3.63) is 29.6 Å². The highest BCUT2D eigenvalue weighted by Gasteiger charge is 2.13. The molecule has 0 aliphatic heterocycles. The van der Waals surface area contributed by atoms with Crippen LogP contribution in [0.3, 0.4) is 0 Å². The molecular formula is C12H19FN2. The first kappa shape index (κ1) is 12.0. The summed E-state index contributed by atoms with van der Waals surface area (Å²) in [4.78, 5) is 2.10. The molecule has 0 amide bonds. The summed E-state index contributed by atoms with van der Waals surface area (Å²) >= 11 is 0. The average molecular weight is 210 g/mol. The van der Waals surface area contributed by atoms with Crippen molar-refractivity contribution in [2.75, 3.05) is 11.9 Å². The monoisotopic (exact) mass is 210 g/mol. The SMILES string of the molecule is CC(C)N(C)c1ccc(F)cc1[C@H](C)N. The van der Waals surface area contributed by atoms with Crippen molar-refractivity contribution in [2.24, 2.45) is 5.73 Å². The molecule has 0 unspecified atom stereocenters. The predicted molar refractivity (Wildman–Crippen MR) is 62.5 cm³/mol. The molecule has 2 N–H and O–H groups in total. The van der Waals surface area contributed by atoms with Gasteiger partial charge in [-0.2, -0.15) is 0 Å². The van der Waals surface area contributed by atoms with E-state index in [0.29, 0.717) is 6.04 Å². The van der Waals surface area contributed by atoms with E-state index in [0.717, 1.165) is 11.3 Å². The van der Waals surface area contributed by atoms with Crippen LogP contribution in [-0.4, -0.2) is 13.1 Å². The molecule has 84 valence electrons. The fraction of sp³-hybridized carbons (Fsp3) is 0.500. The molecule has 1 rings (SSSR count). The van der Waals surface area contributed by atoms with Gasteiger partial charge in [0.1, 0.15) is 5.82 Å². The minimum Gasteiger partial charge on any atom is -0.372 e. The highest BCUT2D eigenvalue weighted by molar-refractivity contribution is 5.55. The highest BCUT2D eigenvalue weighted by Crippen LogP contribution is 2.26. The van der Waals surface area contributed by atoms with Crippen molar-refractivity contribution in [2.45, 2.75) is 32.9 Å². The van der Waals surface area contributed by atoms with Crippen LogP contribution < -0.4 is 10.6 Å². The van der Waals surface area contributed by atoms with Crippen LogP contribution in [0.4, 0.5) is 10.1 Å².